The smallest absolute Gasteiger partial charge is 0.273 e. The molecule has 3 atom stereocenters. The number of ether oxygens (including phenoxy) is 1. The van der Waals surface area contributed by atoms with Crippen LogP contribution in [0.2, 0.25) is 0 Å². The van der Waals surface area contributed by atoms with Crippen LogP contribution in [0.15, 0.2) is 5.38 Å². The Kier molecular flexibility index (Phi) is 3.91. The molecule has 1 amide bonds. The van der Waals surface area contributed by atoms with E-state index in [1.165, 1.54) is 11.3 Å². The Morgan fingerprint density at radius 2 is 2.50 bits per heavy atom. The number of aromatic nitrogens is 1. The zero-order valence-electron chi connectivity index (χ0n) is 11.4. The molecule has 1 saturated heterocycles. The van der Waals surface area contributed by atoms with Crippen molar-refractivity contribution in [2.45, 2.75) is 25.0 Å². The number of carbonyl (C=O) groups excluding carboxylic acids is 1. The minimum absolute atomic E-state index is 0.0281. The van der Waals surface area contributed by atoms with E-state index in [9.17, 15) is 9.90 Å². The van der Waals surface area contributed by atoms with Gasteiger partial charge < -0.3 is 20.1 Å². The lowest BCUT2D eigenvalue weighted by Gasteiger charge is -2.37. The molecule has 2 fully saturated rings. The Morgan fingerprint density at radius 3 is 3.20 bits per heavy atom. The van der Waals surface area contributed by atoms with E-state index in [1.54, 1.807) is 12.4 Å². The first-order chi connectivity index (χ1) is 9.72. The van der Waals surface area contributed by atoms with Crippen LogP contribution in [0.5, 0.6) is 0 Å². The van der Waals surface area contributed by atoms with Crippen LogP contribution in [-0.4, -0.2) is 59.8 Å². The molecule has 1 aliphatic carbocycles. The summed E-state index contributed by atoms with van der Waals surface area (Å²) in [6.45, 7) is 1.33. The summed E-state index contributed by atoms with van der Waals surface area (Å²) in [5, 5.41) is 14.8. The van der Waals surface area contributed by atoms with Crippen molar-refractivity contribution < 1.29 is 14.6 Å². The summed E-state index contributed by atoms with van der Waals surface area (Å²) < 4.78 is 5.74. The molecule has 2 heterocycles. The number of carbonyl (C=O) groups is 1. The van der Waals surface area contributed by atoms with Gasteiger partial charge in [-0.1, -0.05) is 0 Å². The predicted octanol–water partition coefficient (Wildman–Crippen LogP) is 0.797. The number of thiazole rings is 1. The molecule has 1 aromatic heterocycles. The number of fused-ring (bicyclic) bond motifs is 1. The third-order valence-corrected chi connectivity index (χ3v) is 4.95. The van der Waals surface area contributed by atoms with Gasteiger partial charge in [0.15, 0.2) is 5.13 Å². The average molecular weight is 297 g/mol. The predicted molar refractivity (Wildman–Crippen MR) is 76.0 cm³/mol. The van der Waals surface area contributed by atoms with Crippen LogP contribution in [-0.2, 0) is 4.74 Å². The first kappa shape index (κ1) is 13.8. The number of rotatable bonds is 3. The molecule has 3 rings (SSSR count). The summed E-state index contributed by atoms with van der Waals surface area (Å²) in [6.07, 6.45) is 1.71. The number of aliphatic hydroxyl groups excluding tert-OH is 1. The zero-order chi connectivity index (χ0) is 14.1. The molecule has 7 heteroatoms. The topological polar surface area (TPSA) is 74.7 Å². The first-order valence-electron chi connectivity index (χ1n) is 6.89. The van der Waals surface area contributed by atoms with Crippen molar-refractivity contribution in [2.75, 3.05) is 32.1 Å². The third-order valence-electron chi connectivity index (χ3n) is 4.09. The van der Waals surface area contributed by atoms with Gasteiger partial charge in [0.05, 0.1) is 18.8 Å². The fourth-order valence-electron chi connectivity index (χ4n) is 3.09. The van der Waals surface area contributed by atoms with Gasteiger partial charge in [0.25, 0.3) is 5.91 Å². The van der Waals surface area contributed by atoms with E-state index in [2.05, 4.69) is 10.3 Å². The Morgan fingerprint density at radius 1 is 1.65 bits per heavy atom. The lowest BCUT2D eigenvalue weighted by atomic mass is 10.1. The van der Waals surface area contributed by atoms with Crippen molar-refractivity contribution in [3.63, 3.8) is 0 Å². The van der Waals surface area contributed by atoms with E-state index in [4.69, 9.17) is 4.74 Å². The third kappa shape index (κ3) is 2.41. The molecule has 6 nitrogen and oxygen atoms in total. The van der Waals surface area contributed by atoms with Crippen molar-refractivity contribution in [1.29, 1.82) is 0 Å². The Hall–Kier alpha value is -1.18. The van der Waals surface area contributed by atoms with Gasteiger partial charge in [-0.15, -0.1) is 11.3 Å². The molecule has 0 radical (unpaired) electrons. The molecule has 2 aliphatic rings. The number of morpholine rings is 1. The van der Waals surface area contributed by atoms with E-state index < -0.39 is 0 Å². The summed E-state index contributed by atoms with van der Waals surface area (Å²) in [5.74, 6) is 0.210. The molecule has 110 valence electrons. The van der Waals surface area contributed by atoms with E-state index >= 15 is 0 Å². The van der Waals surface area contributed by atoms with Crippen LogP contribution in [0, 0.1) is 5.92 Å². The highest BCUT2D eigenvalue weighted by atomic mass is 32.1. The van der Waals surface area contributed by atoms with Crippen molar-refractivity contribution in [1.82, 2.24) is 9.88 Å². The fraction of sp³-hybridized carbons (Fsp3) is 0.692. The monoisotopic (exact) mass is 297 g/mol. The number of nitrogens with one attached hydrogen (secondary N) is 1. The van der Waals surface area contributed by atoms with Crippen LogP contribution in [0.25, 0.3) is 0 Å². The van der Waals surface area contributed by atoms with E-state index in [-0.39, 0.29) is 30.6 Å². The highest BCUT2D eigenvalue weighted by Gasteiger charge is 2.43. The number of anilines is 1. The van der Waals surface area contributed by atoms with Crippen LogP contribution < -0.4 is 5.32 Å². The standard InChI is InChI=1S/C13H19N3O3S/c1-14-13-15-9(7-20-13)12(18)16-2-3-19-11-5-8(6-17)4-10(11)16/h7-8,10-11,17H,2-6H2,1H3,(H,14,15)/t8-,10+,11+/m1/s1. The number of amides is 1. The lowest BCUT2D eigenvalue weighted by molar-refractivity contribution is -0.0450. The van der Waals surface area contributed by atoms with Crippen LogP contribution in [0.4, 0.5) is 5.13 Å². The first-order valence-corrected chi connectivity index (χ1v) is 7.77. The normalized spacial score (nSPS) is 29.3. The Labute approximate surface area is 121 Å². The maximum Gasteiger partial charge on any atom is 0.273 e. The molecule has 2 N–H and O–H groups in total. The quantitative estimate of drug-likeness (QED) is 0.863. The second kappa shape index (κ2) is 5.67. The van der Waals surface area contributed by atoms with Gasteiger partial charge in [-0.05, 0) is 18.8 Å². The maximum absolute atomic E-state index is 12.6. The number of hydrogen-bond acceptors (Lipinski definition) is 6. The molecule has 20 heavy (non-hydrogen) atoms. The SMILES string of the molecule is CNc1nc(C(=O)N2CCO[C@H]3C[C@H](CO)C[C@@H]32)cs1. The van der Waals surface area contributed by atoms with E-state index in [1.807, 2.05) is 4.90 Å². The molecular formula is C13H19N3O3S. The van der Waals surface area contributed by atoms with Crippen LogP contribution >= 0.6 is 11.3 Å². The van der Waals surface area contributed by atoms with Crippen molar-refractivity contribution in [3.8, 4) is 0 Å². The molecule has 0 aromatic carbocycles. The number of aliphatic hydroxyl groups is 1. The van der Waals surface area contributed by atoms with Gasteiger partial charge in [0, 0.05) is 25.6 Å². The maximum atomic E-state index is 12.6. The molecule has 0 unspecified atom stereocenters. The van der Waals surface area contributed by atoms with E-state index in [0.29, 0.717) is 18.8 Å². The van der Waals surface area contributed by atoms with Crippen molar-refractivity contribution in [2.24, 2.45) is 5.92 Å². The van der Waals surface area contributed by atoms with Crippen LogP contribution in [0.1, 0.15) is 23.3 Å². The van der Waals surface area contributed by atoms with Crippen LogP contribution in [0.3, 0.4) is 0 Å². The number of hydrogen-bond donors (Lipinski definition) is 2. The van der Waals surface area contributed by atoms with Gasteiger partial charge in [-0.2, -0.15) is 0 Å². The van der Waals surface area contributed by atoms with Gasteiger partial charge in [-0.25, -0.2) is 4.98 Å². The Balaban J connectivity index is 1.76. The summed E-state index contributed by atoms with van der Waals surface area (Å²) in [4.78, 5) is 18.7. The molecule has 0 bridgehead atoms. The molecule has 1 aromatic rings. The minimum Gasteiger partial charge on any atom is -0.396 e. The number of nitrogens with zero attached hydrogens (tertiary/aromatic N) is 2. The molecule has 0 spiro atoms. The lowest BCUT2D eigenvalue weighted by Crippen LogP contribution is -2.51. The highest BCUT2D eigenvalue weighted by Crippen LogP contribution is 2.34. The van der Waals surface area contributed by atoms with Gasteiger partial charge >= 0.3 is 0 Å². The molecule has 1 aliphatic heterocycles. The van der Waals surface area contributed by atoms with E-state index in [0.717, 1.165) is 18.0 Å². The second-order valence-electron chi connectivity index (χ2n) is 5.28. The largest absolute Gasteiger partial charge is 0.396 e. The summed E-state index contributed by atoms with van der Waals surface area (Å²) in [6, 6.07) is 0.0770. The van der Waals surface area contributed by atoms with Gasteiger partial charge in [0.2, 0.25) is 0 Å². The summed E-state index contributed by atoms with van der Waals surface area (Å²) >= 11 is 1.43. The highest BCUT2D eigenvalue weighted by molar-refractivity contribution is 7.13. The van der Waals surface area contributed by atoms with Crippen molar-refractivity contribution in [3.05, 3.63) is 11.1 Å². The minimum atomic E-state index is -0.0281. The summed E-state index contributed by atoms with van der Waals surface area (Å²) in [7, 11) is 1.79. The molecule has 1 saturated carbocycles. The summed E-state index contributed by atoms with van der Waals surface area (Å²) in [5.41, 5.74) is 0.493. The zero-order valence-corrected chi connectivity index (χ0v) is 12.2. The van der Waals surface area contributed by atoms with Gasteiger partial charge in [-0.3, -0.25) is 4.79 Å². The Bertz CT molecular complexity index is 493. The fourth-order valence-corrected chi connectivity index (χ4v) is 3.73. The average Bonchev–Trinajstić information content (AvgIpc) is 3.11. The van der Waals surface area contributed by atoms with Crippen molar-refractivity contribution >= 4 is 22.4 Å². The van der Waals surface area contributed by atoms with Gasteiger partial charge in [0.1, 0.15) is 5.69 Å². The molecular weight excluding hydrogens is 278 g/mol. The second-order valence-corrected chi connectivity index (χ2v) is 6.14.